The smallest absolute Gasteiger partial charge is 0.253 e. The summed E-state index contributed by atoms with van der Waals surface area (Å²) in [5, 5.41) is 0. The average molecular weight is 268 g/mol. The Hall–Kier alpha value is -0.440. The Kier molecular flexibility index (Phi) is 3.87. The van der Waals surface area contributed by atoms with Crippen molar-refractivity contribution in [2.24, 2.45) is 0 Å². The highest BCUT2D eigenvalue weighted by Crippen LogP contribution is 2.31. The molecule has 82 valence electrons. The van der Waals surface area contributed by atoms with Crippen LogP contribution in [0.25, 0.3) is 0 Å². The van der Waals surface area contributed by atoms with Crippen molar-refractivity contribution in [1.29, 1.82) is 0 Å². The molecule has 0 aliphatic carbocycles. The molecule has 2 nitrogen and oxygen atoms in total. The highest BCUT2D eigenvalue weighted by atomic mass is 35.6. The van der Waals surface area contributed by atoms with Crippen molar-refractivity contribution in [2.45, 2.75) is 10.7 Å². The molecule has 0 unspecified atom stereocenters. The van der Waals surface area contributed by atoms with Gasteiger partial charge in [0.1, 0.15) is 5.75 Å². The van der Waals surface area contributed by atoms with E-state index in [2.05, 4.69) is 0 Å². The average Bonchev–Trinajstić information content (AvgIpc) is 2.15. The lowest BCUT2D eigenvalue weighted by Crippen LogP contribution is -2.18. The van der Waals surface area contributed by atoms with Crippen LogP contribution >= 0.6 is 34.8 Å². The summed E-state index contributed by atoms with van der Waals surface area (Å²) in [7, 11) is 1.55. The van der Waals surface area contributed by atoms with Gasteiger partial charge in [-0.1, -0.05) is 34.8 Å². The zero-order valence-electron chi connectivity index (χ0n) is 8.18. The van der Waals surface area contributed by atoms with Crippen LogP contribution in [0.5, 0.6) is 5.75 Å². The third-order valence-corrected chi connectivity index (χ3v) is 2.43. The maximum atomic E-state index is 11.6. The second-order valence-electron chi connectivity index (χ2n) is 3.01. The number of benzene rings is 1. The van der Waals surface area contributed by atoms with E-state index >= 15 is 0 Å². The van der Waals surface area contributed by atoms with Gasteiger partial charge in [-0.3, -0.25) is 4.79 Å². The molecule has 0 fully saturated rings. The van der Waals surface area contributed by atoms with E-state index < -0.39 is 9.58 Å². The lowest BCUT2D eigenvalue weighted by Gasteiger charge is -2.11. The van der Waals surface area contributed by atoms with Gasteiger partial charge in [0.15, 0.2) is 0 Å². The Labute approximate surface area is 103 Å². The normalized spacial score (nSPS) is 11.3. The first kappa shape index (κ1) is 12.6. The van der Waals surface area contributed by atoms with Crippen LogP contribution in [0.2, 0.25) is 0 Å². The van der Waals surface area contributed by atoms with E-state index in [1.54, 1.807) is 25.3 Å². The van der Waals surface area contributed by atoms with Crippen LogP contribution in [-0.4, -0.2) is 16.7 Å². The number of carbonyl (C=O) groups is 1. The predicted octanol–water partition coefficient (Wildman–Crippen LogP) is 3.56. The predicted molar refractivity (Wildman–Crippen MR) is 62.4 cm³/mol. The Morgan fingerprint density at radius 1 is 1.33 bits per heavy atom. The van der Waals surface area contributed by atoms with Crippen molar-refractivity contribution in [3.63, 3.8) is 0 Å². The van der Waals surface area contributed by atoms with Gasteiger partial charge >= 0.3 is 0 Å². The van der Waals surface area contributed by atoms with Crippen molar-refractivity contribution in [1.82, 2.24) is 0 Å². The number of ether oxygens (including phenoxy) is 1. The van der Waals surface area contributed by atoms with Gasteiger partial charge in [-0.2, -0.15) is 0 Å². The summed E-state index contributed by atoms with van der Waals surface area (Å²) in [4.78, 5) is 11.6. The maximum Gasteiger partial charge on any atom is 0.253 e. The van der Waals surface area contributed by atoms with Gasteiger partial charge in [-0.25, -0.2) is 0 Å². The third-order valence-electron chi connectivity index (χ3n) is 1.91. The summed E-state index contributed by atoms with van der Waals surface area (Å²) < 4.78 is 3.14. The van der Waals surface area contributed by atoms with Crippen LogP contribution in [0.1, 0.15) is 15.9 Å². The third kappa shape index (κ3) is 3.00. The molecule has 0 saturated heterocycles. The lowest BCUT2D eigenvalue weighted by molar-refractivity contribution is 0.0996. The molecule has 0 radical (unpaired) electrons. The van der Waals surface area contributed by atoms with E-state index in [1.807, 2.05) is 6.92 Å². The fraction of sp³-hybridized carbons (Fsp3) is 0.300. The molecule has 0 amide bonds. The molecule has 0 saturated carbocycles. The standard InChI is InChI=1S/C10H9Cl3O2/c1-6-5-7(3-4-8(6)15-2)9(14)10(11,12)13/h3-5H,1-2H3. The van der Waals surface area contributed by atoms with Gasteiger partial charge in [-0.05, 0) is 30.7 Å². The molecule has 0 N–H and O–H groups in total. The summed E-state index contributed by atoms with van der Waals surface area (Å²) in [5.74, 6) is 0.147. The molecule has 0 bridgehead atoms. The first-order valence-corrected chi connectivity index (χ1v) is 5.26. The quantitative estimate of drug-likeness (QED) is 0.605. The van der Waals surface area contributed by atoms with Gasteiger partial charge in [-0.15, -0.1) is 0 Å². The summed E-state index contributed by atoms with van der Waals surface area (Å²) >= 11 is 16.5. The molecule has 0 aromatic heterocycles. The van der Waals surface area contributed by atoms with Crippen molar-refractivity contribution in [2.75, 3.05) is 7.11 Å². The van der Waals surface area contributed by atoms with Gasteiger partial charge in [0, 0.05) is 5.56 Å². The number of hydrogen-bond acceptors (Lipinski definition) is 2. The van der Waals surface area contributed by atoms with E-state index in [9.17, 15) is 4.79 Å². The molecule has 1 aromatic rings. The summed E-state index contributed by atoms with van der Waals surface area (Å²) in [6.45, 7) is 1.81. The zero-order valence-corrected chi connectivity index (χ0v) is 10.5. The minimum Gasteiger partial charge on any atom is -0.496 e. The number of ketones is 1. The molecule has 0 atom stereocenters. The van der Waals surface area contributed by atoms with Crippen molar-refractivity contribution in [3.05, 3.63) is 29.3 Å². The molecule has 1 rings (SSSR count). The highest BCUT2D eigenvalue weighted by molar-refractivity contribution is 6.77. The SMILES string of the molecule is COc1ccc(C(=O)C(Cl)(Cl)Cl)cc1C. The second kappa shape index (κ2) is 4.60. The number of methoxy groups -OCH3 is 1. The molecule has 0 spiro atoms. The minimum absolute atomic E-state index is 0.355. The monoisotopic (exact) mass is 266 g/mol. The Balaban J connectivity index is 3.08. The van der Waals surface area contributed by atoms with E-state index in [0.717, 1.165) is 5.56 Å². The van der Waals surface area contributed by atoms with E-state index in [1.165, 1.54) is 0 Å². The van der Waals surface area contributed by atoms with Crippen LogP contribution < -0.4 is 4.74 Å². The molecule has 15 heavy (non-hydrogen) atoms. The number of hydrogen-bond donors (Lipinski definition) is 0. The van der Waals surface area contributed by atoms with Crippen LogP contribution in [0.15, 0.2) is 18.2 Å². The van der Waals surface area contributed by atoms with Gasteiger partial charge in [0.25, 0.3) is 3.79 Å². The lowest BCUT2D eigenvalue weighted by atomic mass is 10.1. The summed E-state index contributed by atoms with van der Waals surface area (Å²) in [5.41, 5.74) is 1.17. The van der Waals surface area contributed by atoms with Gasteiger partial charge in [0.2, 0.25) is 5.78 Å². The summed E-state index contributed by atoms with van der Waals surface area (Å²) in [6, 6.07) is 4.86. The van der Waals surface area contributed by atoms with Crippen molar-refractivity contribution < 1.29 is 9.53 Å². The van der Waals surface area contributed by atoms with Crippen molar-refractivity contribution >= 4 is 40.6 Å². The maximum absolute atomic E-state index is 11.6. The summed E-state index contributed by atoms with van der Waals surface area (Å²) in [6.07, 6.45) is 0. The molecular weight excluding hydrogens is 258 g/mol. The molecule has 1 aromatic carbocycles. The largest absolute Gasteiger partial charge is 0.496 e. The van der Waals surface area contributed by atoms with Crippen molar-refractivity contribution in [3.8, 4) is 5.75 Å². The topological polar surface area (TPSA) is 26.3 Å². The first-order valence-electron chi connectivity index (χ1n) is 4.12. The minimum atomic E-state index is -1.92. The molecule has 5 heteroatoms. The van der Waals surface area contributed by atoms with E-state index in [-0.39, 0.29) is 0 Å². The fourth-order valence-corrected chi connectivity index (χ4v) is 1.51. The number of Topliss-reactive ketones (excluding diaryl/α,β-unsaturated/α-hetero) is 1. The second-order valence-corrected chi connectivity index (χ2v) is 5.29. The van der Waals surface area contributed by atoms with Crippen LogP contribution in [0.4, 0.5) is 0 Å². The van der Waals surface area contributed by atoms with E-state index in [4.69, 9.17) is 39.5 Å². The first-order chi connectivity index (χ1) is 6.86. The zero-order chi connectivity index (χ0) is 11.6. The van der Waals surface area contributed by atoms with Crippen LogP contribution in [0, 0.1) is 6.92 Å². The molecule has 0 aliphatic heterocycles. The van der Waals surface area contributed by atoms with E-state index in [0.29, 0.717) is 11.3 Å². The Morgan fingerprint density at radius 3 is 2.33 bits per heavy atom. The molecular formula is C10H9Cl3O2. The number of rotatable bonds is 2. The van der Waals surface area contributed by atoms with Crippen LogP contribution in [-0.2, 0) is 0 Å². The number of aryl methyl sites for hydroxylation is 1. The highest BCUT2D eigenvalue weighted by Gasteiger charge is 2.31. The molecule has 0 aliphatic rings. The Morgan fingerprint density at radius 2 is 1.93 bits per heavy atom. The van der Waals surface area contributed by atoms with Gasteiger partial charge in [0.05, 0.1) is 7.11 Å². The number of carbonyl (C=O) groups excluding carboxylic acids is 1. The molecule has 0 heterocycles. The Bertz CT molecular complexity index is 383. The number of halogens is 3. The fourth-order valence-electron chi connectivity index (χ4n) is 1.18. The van der Waals surface area contributed by atoms with Gasteiger partial charge < -0.3 is 4.74 Å². The number of alkyl halides is 3. The van der Waals surface area contributed by atoms with Crippen LogP contribution in [0.3, 0.4) is 0 Å².